The number of aryl methyl sites for hydroxylation is 1. The second-order valence-electron chi connectivity index (χ2n) is 3.35. The van der Waals surface area contributed by atoms with Crippen LogP contribution in [0.3, 0.4) is 0 Å². The average molecular weight is 166 g/mol. The molecular weight excluding hydrogens is 152 g/mol. The van der Waals surface area contributed by atoms with Crippen molar-refractivity contribution < 1.29 is 0 Å². The van der Waals surface area contributed by atoms with Crippen molar-refractivity contribution in [3.63, 3.8) is 0 Å². The summed E-state index contributed by atoms with van der Waals surface area (Å²) in [5.41, 5.74) is 0. The number of hydrogen-bond donors (Lipinski definition) is 0. The molecule has 12 heavy (non-hydrogen) atoms. The summed E-state index contributed by atoms with van der Waals surface area (Å²) in [7, 11) is 2.00. The van der Waals surface area contributed by atoms with Gasteiger partial charge in [-0.3, -0.25) is 0 Å². The first kappa shape index (κ1) is 7.73. The first-order chi connectivity index (χ1) is 5.81. The summed E-state index contributed by atoms with van der Waals surface area (Å²) in [4.78, 5) is 2.40. The molecule has 0 unspecified atom stereocenters. The zero-order valence-electron chi connectivity index (χ0n) is 7.56. The molecule has 1 aliphatic heterocycles. The number of hydrogen-bond acceptors (Lipinski definition) is 3. The summed E-state index contributed by atoms with van der Waals surface area (Å²) < 4.78 is 2.01. The number of aromatic nitrogens is 3. The van der Waals surface area contributed by atoms with Crippen LogP contribution >= 0.6 is 0 Å². The molecule has 2 heterocycles. The Morgan fingerprint density at radius 1 is 1.58 bits per heavy atom. The van der Waals surface area contributed by atoms with Crippen molar-refractivity contribution in [2.24, 2.45) is 7.05 Å². The van der Waals surface area contributed by atoms with E-state index < -0.39 is 0 Å². The highest BCUT2D eigenvalue weighted by Gasteiger charge is 2.29. The number of likely N-dealkylation sites (N-methyl/N-ethyl adjacent to an activating group) is 1. The SMILES string of the molecule is CCN1CC(c2nncn2C)C1. The third kappa shape index (κ3) is 1.12. The minimum atomic E-state index is 0.609. The van der Waals surface area contributed by atoms with Gasteiger partial charge in [-0.1, -0.05) is 6.92 Å². The van der Waals surface area contributed by atoms with Crippen LogP contribution in [0.25, 0.3) is 0 Å². The van der Waals surface area contributed by atoms with Crippen LogP contribution in [0.1, 0.15) is 18.7 Å². The molecule has 0 N–H and O–H groups in total. The molecule has 1 saturated heterocycles. The van der Waals surface area contributed by atoms with Gasteiger partial charge < -0.3 is 9.47 Å². The van der Waals surface area contributed by atoms with Crippen LogP contribution < -0.4 is 0 Å². The van der Waals surface area contributed by atoms with Crippen LogP contribution in [0.5, 0.6) is 0 Å². The molecule has 1 aliphatic rings. The lowest BCUT2D eigenvalue weighted by Crippen LogP contribution is -2.45. The maximum Gasteiger partial charge on any atom is 0.138 e. The quantitative estimate of drug-likeness (QED) is 0.631. The molecule has 66 valence electrons. The van der Waals surface area contributed by atoms with Crippen molar-refractivity contribution in [1.82, 2.24) is 19.7 Å². The molecule has 1 aromatic rings. The molecule has 4 heteroatoms. The van der Waals surface area contributed by atoms with Gasteiger partial charge in [-0.05, 0) is 6.54 Å². The van der Waals surface area contributed by atoms with E-state index >= 15 is 0 Å². The Balaban J connectivity index is 2.01. The first-order valence-electron chi connectivity index (χ1n) is 4.37. The van der Waals surface area contributed by atoms with E-state index in [4.69, 9.17) is 0 Å². The van der Waals surface area contributed by atoms with Crippen molar-refractivity contribution in [3.8, 4) is 0 Å². The molecule has 0 radical (unpaired) electrons. The first-order valence-corrected chi connectivity index (χ1v) is 4.37. The van der Waals surface area contributed by atoms with E-state index in [1.165, 1.54) is 0 Å². The molecule has 0 atom stereocenters. The molecule has 1 fully saturated rings. The fourth-order valence-corrected chi connectivity index (χ4v) is 1.65. The Bertz CT molecular complexity index is 262. The average Bonchev–Trinajstić information content (AvgIpc) is 2.35. The van der Waals surface area contributed by atoms with E-state index in [2.05, 4.69) is 22.0 Å². The van der Waals surface area contributed by atoms with Gasteiger partial charge in [0, 0.05) is 26.1 Å². The zero-order valence-corrected chi connectivity index (χ0v) is 7.56. The van der Waals surface area contributed by atoms with Crippen LogP contribution in [0.4, 0.5) is 0 Å². The smallest absolute Gasteiger partial charge is 0.138 e. The second-order valence-corrected chi connectivity index (χ2v) is 3.35. The minimum Gasteiger partial charge on any atom is -0.320 e. The van der Waals surface area contributed by atoms with Gasteiger partial charge in [-0.15, -0.1) is 10.2 Å². The normalized spacial score (nSPS) is 19.5. The Morgan fingerprint density at radius 2 is 2.33 bits per heavy atom. The molecule has 0 aromatic carbocycles. The van der Waals surface area contributed by atoms with Gasteiger partial charge in [-0.25, -0.2) is 0 Å². The summed E-state index contributed by atoms with van der Waals surface area (Å²) in [5, 5.41) is 7.96. The molecule has 0 spiro atoms. The van der Waals surface area contributed by atoms with Crippen molar-refractivity contribution in [2.75, 3.05) is 19.6 Å². The molecule has 2 rings (SSSR count). The predicted octanol–water partition coefficient (Wildman–Crippen LogP) is 0.234. The highest BCUT2D eigenvalue weighted by atomic mass is 15.3. The molecule has 1 aromatic heterocycles. The second kappa shape index (κ2) is 2.86. The van der Waals surface area contributed by atoms with Crippen molar-refractivity contribution in [3.05, 3.63) is 12.2 Å². The minimum absolute atomic E-state index is 0.609. The highest BCUT2D eigenvalue weighted by Crippen LogP contribution is 2.23. The largest absolute Gasteiger partial charge is 0.320 e. The van der Waals surface area contributed by atoms with Gasteiger partial charge in [0.05, 0.1) is 0 Å². The standard InChI is InChI=1S/C8H14N4/c1-3-12-4-7(5-12)8-10-9-6-11(8)2/h6-7H,3-5H2,1-2H3. The third-order valence-electron chi connectivity index (χ3n) is 2.52. The summed E-state index contributed by atoms with van der Waals surface area (Å²) in [6.45, 7) is 5.62. The van der Waals surface area contributed by atoms with Gasteiger partial charge >= 0.3 is 0 Å². The molecule has 0 saturated carbocycles. The van der Waals surface area contributed by atoms with Crippen LogP contribution in [-0.4, -0.2) is 39.3 Å². The Morgan fingerprint density at radius 3 is 2.83 bits per heavy atom. The van der Waals surface area contributed by atoms with Crippen molar-refractivity contribution in [2.45, 2.75) is 12.8 Å². The lowest BCUT2D eigenvalue weighted by molar-refractivity contribution is 0.150. The van der Waals surface area contributed by atoms with Gasteiger partial charge in [-0.2, -0.15) is 0 Å². The molecule has 0 amide bonds. The van der Waals surface area contributed by atoms with E-state index in [-0.39, 0.29) is 0 Å². The number of nitrogens with zero attached hydrogens (tertiary/aromatic N) is 4. The van der Waals surface area contributed by atoms with Gasteiger partial charge in [0.1, 0.15) is 12.2 Å². The topological polar surface area (TPSA) is 34.0 Å². The number of likely N-dealkylation sites (tertiary alicyclic amines) is 1. The molecular formula is C8H14N4. The molecule has 4 nitrogen and oxygen atoms in total. The van der Waals surface area contributed by atoms with Gasteiger partial charge in [0.25, 0.3) is 0 Å². The third-order valence-corrected chi connectivity index (χ3v) is 2.52. The lowest BCUT2D eigenvalue weighted by atomic mass is 10.00. The Kier molecular flexibility index (Phi) is 1.84. The van der Waals surface area contributed by atoms with Gasteiger partial charge in [0.2, 0.25) is 0 Å². The summed E-state index contributed by atoms with van der Waals surface area (Å²) in [5.74, 6) is 1.73. The maximum absolute atomic E-state index is 4.09. The number of rotatable bonds is 2. The van der Waals surface area contributed by atoms with Crippen molar-refractivity contribution >= 4 is 0 Å². The van der Waals surface area contributed by atoms with Gasteiger partial charge in [0.15, 0.2) is 0 Å². The summed E-state index contributed by atoms with van der Waals surface area (Å²) >= 11 is 0. The van der Waals surface area contributed by atoms with E-state index in [9.17, 15) is 0 Å². The lowest BCUT2D eigenvalue weighted by Gasteiger charge is -2.37. The van der Waals surface area contributed by atoms with E-state index in [0.717, 1.165) is 25.5 Å². The fourth-order valence-electron chi connectivity index (χ4n) is 1.65. The highest BCUT2D eigenvalue weighted by molar-refractivity contribution is 5.03. The van der Waals surface area contributed by atoms with E-state index in [1.54, 1.807) is 6.33 Å². The zero-order chi connectivity index (χ0) is 8.55. The Hall–Kier alpha value is -0.900. The van der Waals surface area contributed by atoms with Crippen LogP contribution in [0.2, 0.25) is 0 Å². The van der Waals surface area contributed by atoms with E-state index in [1.807, 2.05) is 11.6 Å². The summed E-state index contributed by atoms with van der Waals surface area (Å²) in [6, 6.07) is 0. The van der Waals surface area contributed by atoms with Crippen molar-refractivity contribution in [1.29, 1.82) is 0 Å². The molecule has 0 aliphatic carbocycles. The summed E-state index contributed by atoms with van der Waals surface area (Å²) in [6.07, 6.45) is 1.77. The molecule has 0 bridgehead atoms. The predicted molar refractivity (Wildman–Crippen MR) is 45.9 cm³/mol. The monoisotopic (exact) mass is 166 g/mol. The fraction of sp³-hybridized carbons (Fsp3) is 0.750. The maximum atomic E-state index is 4.09. The van der Waals surface area contributed by atoms with Crippen LogP contribution in [0, 0.1) is 0 Å². The Labute approximate surface area is 72.2 Å². The van der Waals surface area contributed by atoms with E-state index in [0.29, 0.717) is 5.92 Å². The van der Waals surface area contributed by atoms with Crippen LogP contribution in [-0.2, 0) is 7.05 Å². The van der Waals surface area contributed by atoms with Crippen LogP contribution in [0.15, 0.2) is 6.33 Å².